The number of likely N-dealkylation sites (tertiary alicyclic amines) is 1. The summed E-state index contributed by atoms with van der Waals surface area (Å²) in [6, 6.07) is 6.35. The quantitative estimate of drug-likeness (QED) is 0.933. The molecule has 0 aliphatic carbocycles. The van der Waals surface area contributed by atoms with E-state index >= 15 is 0 Å². The number of hydrogen-bond donors (Lipinski definition) is 1. The molecule has 5 nitrogen and oxygen atoms in total. The van der Waals surface area contributed by atoms with E-state index in [1.54, 1.807) is 7.11 Å². The lowest BCUT2D eigenvalue weighted by molar-refractivity contribution is 0.0215. The Morgan fingerprint density at radius 1 is 1.27 bits per heavy atom. The van der Waals surface area contributed by atoms with Crippen molar-refractivity contribution in [2.75, 3.05) is 20.2 Å². The molecule has 0 spiro atoms. The van der Waals surface area contributed by atoms with Crippen molar-refractivity contribution in [1.29, 1.82) is 0 Å². The monoisotopic (exact) mass is 301 g/mol. The van der Waals surface area contributed by atoms with E-state index in [1.807, 2.05) is 10.9 Å². The number of aliphatic hydroxyl groups is 1. The molecule has 1 aromatic carbocycles. The minimum absolute atomic E-state index is 0.0882. The molecule has 1 aliphatic heterocycles. The van der Waals surface area contributed by atoms with Crippen molar-refractivity contribution in [3.63, 3.8) is 0 Å². The Morgan fingerprint density at radius 3 is 2.77 bits per heavy atom. The summed E-state index contributed by atoms with van der Waals surface area (Å²) in [5.41, 5.74) is 4.76. The van der Waals surface area contributed by atoms with E-state index in [1.165, 1.54) is 11.1 Å². The summed E-state index contributed by atoms with van der Waals surface area (Å²) in [5.74, 6) is 0. The number of aryl methyl sites for hydroxylation is 2. The fraction of sp³-hybridized carbons (Fsp3) is 0.471. The molecule has 0 amide bonds. The molecule has 2 atom stereocenters. The smallest absolute Gasteiger partial charge is 0.0969 e. The van der Waals surface area contributed by atoms with E-state index in [9.17, 15) is 5.11 Å². The second kappa shape index (κ2) is 6.20. The van der Waals surface area contributed by atoms with Gasteiger partial charge < -0.3 is 9.84 Å². The Balaban J connectivity index is 1.70. The highest BCUT2D eigenvalue weighted by molar-refractivity contribution is 5.39. The first-order valence-electron chi connectivity index (χ1n) is 7.61. The molecule has 1 N–H and O–H groups in total. The zero-order valence-corrected chi connectivity index (χ0v) is 13.4. The second-order valence-corrected chi connectivity index (χ2v) is 6.10. The van der Waals surface area contributed by atoms with Crippen molar-refractivity contribution in [3.8, 4) is 5.69 Å². The normalized spacial score (nSPS) is 22.4. The molecular formula is C17H23N3O2. The summed E-state index contributed by atoms with van der Waals surface area (Å²) in [6.07, 6.45) is 3.45. The van der Waals surface area contributed by atoms with Crippen molar-refractivity contribution in [2.45, 2.75) is 32.6 Å². The molecular weight excluding hydrogens is 278 g/mol. The average molecular weight is 301 g/mol. The van der Waals surface area contributed by atoms with Gasteiger partial charge in [-0.2, -0.15) is 5.10 Å². The third-order valence-corrected chi connectivity index (χ3v) is 4.41. The van der Waals surface area contributed by atoms with Gasteiger partial charge in [0, 0.05) is 38.5 Å². The number of rotatable bonds is 4. The molecule has 1 aromatic heterocycles. The first-order chi connectivity index (χ1) is 10.6. The van der Waals surface area contributed by atoms with Crippen molar-refractivity contribution in [1.82, 2.24) is 14.7 Å². The molecule has 1 saturated heterocycles. The van der Waals surface area contributed by atoms with Gasteiger partial charge in [-0.25, -0.2) is 4.68 Å². The summed E-state index contributed by atoms with van der Waals surface area (Å²) in [5, 5.41) is 14.3. The predicted octanol–water partition coefficient (Wildman–Crippen LogP) is 1.68. The Bertz CT molecular complexity index is 653. The Morgan fingerprint density at radius 2 is 2.09 bits per heavy atom. The van der Waals surface area contributed by atoms with Crippen LogP contribution in [0.4, 0.5) is 0 Å². The van der Waals surface area contributed by atoms with Crippen LogP contribution < -0.4 is 0 Å². The van der Waals surface area contributed by atoms with Crippen molar-refractivity contribution >= 4 is 0 Å². The molecule has 1 fully saturated rings. The third-order valence-electron chi connectivity index (χ3n) is 4.41. The minimum atomic E-state index is -0.403. The fourth-order valence-corrected chi connectivity index (χ4v) is 2.90. The number of nitrogens with zero attached hydrogens (tertiary/aromatic N) is 3. The Hall–Kier alpha value is -1.69. The van der Waals surface area contributed by atoms with Crippen LogP contribution in [0.5, 0.6) is 0 Å². The van der Waals surface area contributed by atoms with Crippen LogP contribution in [0.3, 0.4) is 0 Å². The highest BCUT2D eigenvalue weighted by Crippen LogP contribution is 2.18. The second-order valence-electron chi connectivity index (χ2n) is 6.10. The lowest BCUT2D eigenvalue weighted by Crippen LogP contribution is -2.25. The van der Waals surface area contributed by atoms with Crippen LogP contribution in [-0.4, -0.2) is 52.2 Å². The van der Waals surface area contributed by atoms with Gasteiger partial charge in [0.1, 0.15) is 0 Å². The third kappa shape index (κ3) is 3.06. The van der Waals surface area contributed by atoms with Gasteiger partial charge in [0.2, 0.25) is 0 Å². The molecule has 0 unspecified atom stereocenters. The molecule has 1 aliphatic rings. The minimum Gasteiger partial charge on any atom is -0.389 e. The van der Waals surface area contributed by atoms with Gasteiger partial charge in [-0.1, -0.05) is 6.07 Å². The number of ether oxygens (including phenoxy) is 1. The van der Waals surface area contributed by atoms with Gasteiger partial charge in [-0.05, 0) is 37.1 Å². The number of methoxy groups -OCH3 is 1. The predicted molar refractivity (Wildman–Crippen MR) is 85.1 cm³/mol. The molecule has 0 radical (unpaired) electrons. The zero-order valence-electron chi connectivity index (χ0n) is 13.4. The Kier molecular flexibility index (Phi) is 4.29. The number of β-amino-alcohol motifs (C(OH)–C–C–N with tert-alkyl or cyclic N) is 1. The molecule has 2 heterocycles. The van der Waals surface area contributed by atoms with E-state index in [4.69, 9.17) is 4.74 Å². The summed E-state index contributed by atoms with van der Waals surface area (Å²) < 4.78 is 7.18. The fourth-order valence-electron chi connectivity index (χ4n) is 2.90. The molecule has 0 bridgehead atoms. The van der Waals surface area contributed by atoms with Gasteiger partial charge in [0.15, 0.2) is 0 Å². The van der Waals surface area contributed by atoms with Crippen LogP contribution in [-0.2, 0) is 11.3 Å². The van der Waals surface area contributed by atoms with Crippen LogP contribution in [0.1, 0.15) is 16.7 Å². The van der Waals surface area contributed by atoms with Crippen LogP contribution in [0, 0.1) is 13.8 Å². The SMILES string of the molecule is CO[C@H]1CN(Cc2cnn(-c3ccc(C)c(C)c3)c2)C[C@@H]1O. The molecule has 118 valence electrons. The number of hydrogen-bond acceptors (Lipinski definition) is 4. The van der Waals surface area contributed by atoms with E-state index in [-0.39, 0.29) is 6.10 Å². The molecule has 22 heavy (non-hydrogen) atoms. The van der Waals surface area contributed by atoms with Gasteiger partial charge in [0.25, 0.3) is 0 Å². The summed E-state index contributed by atoms with van der Waals surface area (Å²) in [4.78, 5) is 2.20. The van der Waals surface area contributed by atoms with E-state index in [0.717, 1.165) is 24.3 Å². The number of aliphatic hydroxyl groups excluding tert-OH is 1. The van der Waals surface area contributed by atoms with E-state index in [2.05, 4.69) is 48.2 Å². The lowest BCUT2D eigenvalue weighted by Gasteiger charge is -2.13. The zero-order chi connectivity index (χ0) is 15.7. The van der Waals surface area contributed by atoms with Gasteiger partial charge in [-0.15, -0.1) is 0 Å². The van der Waals surface area contributed by atoms with Gasteiger partial charge in [-0.3, -0.25) is 4.90 Å². The van der Waals surface area contributed by atoms with E-state index < -0.39 is 6.10 Å². The van der Waals surface area contributed by atoms with Crippen LogP contribution in [0.2, 0.25) is 0 Å². The maximum atomic E-state index is 9.89. The van der Waals surface area contributed by atoms with Crippen LogP contribution >= 0.6 is 0 Å². The molecule has 0 saturated carbocycles. The van der Waals surface area contributed by atoms with Crippen molar-refractivity contribution in [3.05, 3.63) is 47.3 Å². The number of aromatic nitrogens is 2. The largest absolute Gasteiger partial charge is 0.389 e. The standard InChI is InChI=1S/C17H23N3O2/c1-12-4-5-15(6-13(12)2)20-9-14(7-18-20)8-19-10-16(21)17(11-19)22-3/h4-7,9,16-17,21H,8,10-11H2,1-3H3/t16-,17-/m0/s1. The molecule has 2 aromatic rings. The van der Waals surface area contributed by atoms with Crippen molar-refractivity contribution < 1.29 is 9.84 Å². The summed E-state index contributed by atoms with van der Waals surface area (Å²) >= 11 is 0. The Labute approximate surface area is 131 Å². The number of benzene rings is 1. The first-order valence-corrected chi connectivity index (χ1v) is 7.61. The maximum absolute atomic E-state index is 9.89. The molecule has 3 rings (SSSR count). The van der Waals surface area contributed by atoms with Crippen molar-refractivity contribution in [2.24, 2.45) is 0 Å². The maximum Gasteiger partial charge on any atom is 0.0969 e. The van der Waals surface area contributed by atoms with Crippen LogP contribution in [0.15, 0.2) is 30.6 Å². The first kappa shape index (κ1) is 15.2. The highest BCUT2D eigenvalue weighted by atomic mass is 16.5. The summed E-state index contributed by atoms with van der Waals surface area (Å²) in [6.45, 7) is 6.40. The topological polar surface area (TPSA) is 50.5 Å². The average Bonchev–Trinajstić information content (AvgIpc) is 3.09. The van der Waals surface area contributed by atoms with Gasteiger partial charge >= 0.3 is 0 Å². The molecule has 5 heteroatoms. The summed E-state index contributed by atoms with van der Waals surface area (Å²) in [7, 11) is 1.65. The highest BCUT2D eigenvalue weighted by Gasteiger charge is 2.31. The lowest BCUT2D eigenvalue weighted by atomic mass is 10.1. The van der Waals surface area contributed by atoms with Gasteiger partial charge in [0.05, 0.1) is 24.1 Å². The van der Waals surface area contributed by atoms with Crippen LogP contribution in [0.25, 0.3) is 5.69 Å². The van der Waals surface area contributed by atoms with E-state index in [0.29, 0.717) is 6.54 Å².